The van der Waals surface area contributed by atoms with E-state index in [9.17, 15) is 4.79 Å². The first-order valence-electron chi connectivity index (χ1n) is 5.96. The first kappa shape index (κ1) is 14.4. The van der Waals surface area contributed by atoms with Crippen LogP contribution in [0.15, 0.2) is 0 Å². The average molecular weight is 244 g/mol. The summed E-state index contributed by atoms with van der Waals surface area (Å²) in [7, 11) is -1.34. The molecule has 1 aliphatic rings. The Kier molecular flexibility index (Phi) is 4.94. The number of hydrogen-bond donors (Lipinski definition) is 5. The molecule has 0 aliphatic heterocycles. The van der Waals surface area contributed by atoms with E-state index in [4.69, 9.17) is 26.6 Å². The molecule has 0 aromatic rings. The Hall–Kier alpha value is -0.625. The molecule has 0 heterocycles. The summed E-state index contributed by atoms with van der Waals surface area (Å²) in [6.45, 7) is 0.421. The van der Waals surface area contributed by atoms with Crippen LogP contribution in [0.4, 0.5) is 0 Å². The summed E-state index contributed by atoms with van der Waals surface area (Å²) in [4.78, 5) is 11.2. The molecule has 0 aromatic heterocycles. The summed E-state index contributed by atoms with van der Waals surface area (Å²) in [6, 6.07) is 0. The topological polar surface area (TPSA) is 130 Å². The van der Waals surface area contributed by atoms with Gasteiger partial charge in [0.15, 0.2) is 0 Å². The molecule has 17 heavy (non-hydrogen) atoms. The van der Waals surface area contributed by atoms with Gasteiger partial charge in [0.25, 0.3) is 0 Å². The van der Waals surface area contributed by atoms with Gasteiger partial charge in [0.05, 0.1) is 0 Å². The summed E-state index contributed by atoms with van der Waals surface area (Å²) in [5.74, 6) is -0.795. The van der Waals surface area contributed by atoms with Crippen LogP contribution < -0.4 is 11.5 Å². The van der Waals surface area contributed by atoms with Crippen molar-refractivity contribution in [1.82, 2.24) is 0 Å². The highest BCUT2D eigenvalue weighted by atomic mass is 16.4. The van der Waals surface area contributed by atoms with Crippen molar-refractivity contribution >= 4 is 13.1 Å². The normalized spacial score (nSPS) is 33.4. The Balaban J connectivity index is 2.63. The van der Waals surface area contributed by atoms with Gasteiger partial charge in [-0.2, -0.15) is 0 Å². The molecule has 7 N–H and O–H groups in total. The molecule has 1 unspecified atom stereocenters. The van der Waals surface area contributed by atoms with Gasteiger partial charge in [0, 0.05) is 0 Å². The Bertz CT molecular complexity index is 277. The van der Waals surface area contributed by atoms with Crippen LogP contribution in [-0.4, -0.2) is 40.3 Å². The van der Waals surface area contributed by atoms with Gasteiger partial charge in [-0.15, -0.1) is 0 Å². The lowest BCUT2D eigenvalue weighted by Gasteiger charge is -2.39. The zero-order valence-electron chi connectivity index (χ0n) is 9.88. The Labute approximate surface area is 101 Å². The van der Waals surface area contributed by atoms with Crippen molar-refractivity contribution in [3.05, 3.63) is 0 Å². The molecule has 3 atom stereocenters. The molecule has 0 saturated heterocycles. The van der Waals surface area contributed by atoms with Crippen molar-refractivity contribution in [2.45, 2.75) is 37.5 Å². The summed E-state index contributed by atoms with van der Waals surface area (Å²) in [5, 5.41) is 26.8. The highest BCUT2D eigenvalue weighted by molar-refractivity contribution is 6.40. The standard InChI is InChI=1S/C10H21BN2O4/c12-6-8-3-7(1-2-11(16)17)4-10(13,5-8)9(14)15/h7-8,16-17H,1-6,12-13H2,(H,14,15)/t7-,8-,10?/m1/s1. The second kappa shape index (κ2) is 5.81. The minimum atomic E-state index is -1.34. The smallest absolute Gasteiger partial charge is 0.451 e. The third-order valence-electron chi connectivity index (χ3n) is 3.56. The summed E-state index contributed by atoms with van der Waals surface area (Å²) < 4.78 is 0. The van der Waals surface area contributed by atoms with Crippen LogP contribution in [0.5, 0.6) is 0 Å². The molecule has 98 valence electrons. The van der Waals surface area contributed by atoms with Crippen molar-refractivity contribution in [3.8, 4) is 0 Å². The molecule has 6 nitrogen and oxygen atoms in total. The maximum atomic E-state index is 11.2. The van der Waals surface area contributed by atoms with Crippen LogP contribution in [0.3, 0.4) is 0 Å². The van der Waals surface area contributed by atoms with Crippen LogP contribution in [0.1, 0.15) is 25.7 Å². The van der Waals surface area contributed by atoms with Gasteiger partial charge in [0.2, 0.25) is 0 Å². The van der Waals surface area contributed by atoms with Gasteiger partial charge in [0.1, 0.15) is 5.54 Å². The van der Waals surface area contributed by atoms with E-state index in [1.165, 1.54) is 0 Å². The van der Waals surface area contributed by atoms with E-state index < -0.39 is 18.6 Å². The number of nitrogens with two attached hydrogens (primary N) is 2. The van der Waals surface area contributed by atoms with Crippen LogP contribution >= 0.6 is 0 Å². The fourth-order valence-electron chi connectivity index (χ4n) is 2.71. The molecule has 0 bridgehead atoms. The maximum Gasteiger partial charge on any atom is 0.451 e. The van der Waals surface area contributed by atoms with Crippen molar-refractivity contribution in [2.75, 3.05) is 6.54 Å². The third-order valence-corrected chi connectivity index (χ3v) is 3.56. The van der Waals surface area contributed by atoms with Gasteiger partial charge in [-0.3, -0.25) is 4.79 Å². The van der Waals surface area contributed by atoms with Crippen LogP contribution in [0, 0.1) is 11.8 Å². The number of carbonyl (C=O) groups is 1. The quantitative estimate of drug-likeness (QED) is 0.394. The summed E-state index contributed by atoms with van der Waals surface area (Å²) in [5.41, 5.74) is 10.3. The number of hydrogen-bond acceptors (Lipinski definition) is 5. The molecule has 1 fully saturated rings. The van der Waals surface area contributed by atoms with E-state index in [1.807, 2.05) is 0 Å². The lowest BCUT2D eigenvalue weighted by Crippen LogP contribution is -2.54. The zero-order valence-corrected chi connectivity index (χ0v) is 9.88. The third kappa shape index (κ3) is 3.95. The maximum absolute atomic E-state index is 11.2. The molecule has 0 aromatic carbocycles. The molecular formula is C10H21BN2O4. The zero-order chi connectivity index (χ0) is 13.1. The van der Waals surface area contributed by atoms with Gasteiger partial charge >= 0.3 is 13.1 Å². The second-order valence-electron chi connectivity index (χ2n) is 5.13. The predicted octanol–water partition coefficient (Wildman–Crippen LogP) is -0.994. The monoisotopic (exact) mass is 244 g/mol. The fraction of sp³-hybridized carbons (Fsp3) is 0.900. The van der Waals surface area contributed by atoms with E-state index in [-0.39, 0.29) is 18.2 Å². The first-order chi connectivity index (χ1) is 7.87. The molecule has 1 saturated carbocycles. The summed E-state index contributed by atoms with van der Waals surface area (Å²) >= 11 is 0. The molecule has 0 spiro atoms. The lowest BCUT2D eigenvalue weighted by atomic mass is 9.67. The SMILES string of the molecule is NC[C@@H]1C[C@@H](CCB(O)O)CC(N)(C(=O)O)C1. The fourth-order valence-corrected chi connectivity index (χ4v) is 2.71. The van der Waals surface area contributed by atoms with E-state index in [1.54, 1.807) is 0 Å². The van der Waals surface area contributed by atoms with Crippen LogP contribution in [-0.2, 0) is 4.79 Å². The Morgan fingerprint density at radius 2 is 1.94 bits per heavy atom. The van der Waals surface area contributed by atoms with Gasteiger partial charge in [-0.1, -0.05) is 6.42 Å². The highest BCUT2D eigenvalue weighted by Gasteiger charge is 2.42. The van der Waals surface area contributed by atoms with Gasteiger partial charge in [-0.05, 0) is 44.0 Å². The Morgan fingerprint density at radius 1 is 1.35 bits per heavy atom. The van der Waals surface area contributed by atoms with E-state index in [0.717, 1.165) is 6.42 Å². The van der Waals surface area contributed by atoms with Crippen molar-refractivity contribution in [1.29, 1.82) is 0 Å². The number of aliphatic carboxylic acids is 1. The number of rotatable bonds is 5. The first-order valence-corrected chi connectivity index (χ1v) is 5.96. The van der Waals surface area contributed by atoms with E-state index >= 15 is 0 Å². The molecule has 1 aliphatic carbocycles. The molecule has 1 rings (SSSR count). The van der Waals surface area contributed by atoms with Crippen LogP contribution in [0.2, 0.25) is 6.32 Å². The number of carboxylic acids is 1. The molecule has 0 radical (unpaired) electrons. The molecule has 7 heteroatoms. The van der Waals surface area contributed by atoms with Crippen LogP contribution in [0.25, 0.3) is 0 Å². The van der Waals surface area contributed by atoms with Crippen molar-refractivity contribution in [3.63, 3.8) is 0 Å². The highest BCUT2D eigenvalue weighted by Crippen LogP contribution is 2.37. The average Bonchev–Trinajstić information content (AvgIpc) is 2.25. The molecule has 0 amide bonds. The van der Waals surface area contributed by atoms with E-state index in [0.29, 0.717) is 25.8 Å². The largest absolute Gasteiger partial charge is 0.480 e. The lowest BCUT2D eigenvalue weighted by molar-refractivity contribution is -0.146. The van der Waals surface area contributed by atoms with E-state index in [2.05, 4.69) is 0 Å². The Morgan fingerprint density at radius 3 is 2.41 bits per heavy atom. The predicted molar refractivity (Wildman–Crippen MR) is 64.1 cm³/mol. The van der Waals surface area contributed by atoms with Crippen molar-refractivity contribution in [2.24, 2.45) is 23.3 Å². The number of carboxylic acid groups (broad SMARTS) is 1. The van der Waals surface area contributed by atoms with Crippen molar-refractivity contribution < 1.29 is 19.9 Å². The van der Waals surface area contributed by atoms with Gasteiger partial charge < -0.3 is 26.6 Å². The minimum absolute atomic E-state index is 0.0974. The summed E-state index contributed by atoms with van der Waals surface area (Å²) in [6.07, 6.45) is 2.41. The minimum Gasteiger partial charge on any atom is -0.480 e. The second-order valence-corrected chi connectivity index (χ2v) is 5.13. The van der Waals surface area contributed by atoms with Gasteiger partial charge in [-0.25, -0.2) is 0 Å². The molecular weight excluding hydrogens is 223 g/mol.